The molecule has 9 aromatic rings. The van der Waals surface area contributed by atoms with E-state index in [-0.39, 0.29) is 0 Å². The molecule has 10 rings (SSSR count). The zero-order valence-corrected chi connectivity index (χ0v) is 43.7. The molecule has 6 bridgehead atoms. The van der Waals surface area contributed by atoms with Crippen LogP contribution in [-0.2, 0) is 78.2 Å². The van der Waals surface area contributed by atoms with Crippen molar-refractivity contribution < 1.29 is 15.3 Å². The third-order valence-corrected chi connectivity index (χ3v) is 14.7. The van der Waals surface area contributed by atoms with Gasteiger partial charge in [-0.2, -0.15) is 0 Å². The summed E-state index contributed by atoms with van der Waals surface area (Å²) in [4.78, 5) is 7.78. The van der Waals surface area contributed by atoms with Crippen molar-refractivity contribution in [2.75, 3.05) is 0 Å². The van der Waals surface area contributed by atoms with Gasteiger partial charge in [-0.15, -0.1) is 0 Å². The van der Waals surface area contributed by atoms with Gasteiger partial charge in [0.15, 0.2) is 0 Å². The van der Waals surface area contributed by atoms with Gasteiger partial charge >= 0.3 is 0 Å². The Morgan fingerprint density at radius 2 is 0.467 bits per heavy atom. The SMILES string of the molecule is Cc1cc2cc(c1)CN(Cc1ccccc1Cc1ccccc1O)Cc1cc(C)cc(c1)CN(Cc1ccccc1Cc1ccccc1O)Cc1cc(C)cc(c1)CN(Cc1ccccc1Cc1ccccc1O)C2. The van der Waals surface area contributed by atoms with Gasteiger partial charge in [0.25, 0.3) is 0 Å². The number of rotatable bonds is 12. The maximum atomic E-state index is 10.9. The Morgan fingerprint density at radius 3 is 0.693 bits per heavy atom. The fraction of sp³-hybridized carbons (Fsp3) is 0.217. The Labute approximate surface area is 444 Å². The lowest BCUT2D eigenvalue weighted by Crippen LogP contribution is -2.26. The fourth-order valence-corrected chi connectivity index (χ4v) is 11.4. The van der Waals surface area contributed by atoms with Crippen LogP contribution < -0.4 is 0 Å². The number of para-hydroxylation sites is 3. The summed E-state index contributed by atoms with van der Waals surface area (Å²) in [5.41, 5.74) is 21.6. The molecule has 0 atom stereocenters. The van der Waals surface area contributed by atoms with Crippen LogP contribution in [0.3, 0.4) is 0 Å². The molecule has 378 valence electrons. The molecule has 3 N–H and O–H groups in total. The molecule has 75 heavy (non-hydrogen) atoms. The minimum absolute atomic E-state index is 0.326. The van der Waals surface area contributed by atoms with Crippen LogP contribution >= 0.6 is 0 Å². The summed E-state index contributed by atoms with van der Waals surface area (Å²) in [6.07, 6.45) is 1.95. The van der Waals surface area contributed by atoms with Crippen molar-refractivity contribution in [3.8, 4) is 17.2 Å². The largest absolute Gasteiger partial charge is 0.508 e. The van der Waals surface area contributed by atoms with Crippen molar-refractivity contribution in [1.29, 1.82) is 0 Å². The van der Waals surface area contributed by atoms with Crippen LogP contribution in [-0.4, -0.2) is 30.0 Å². The van der Waals surface area contributed by atoms with Gasteiger partial charge in [0, 0.05) is 78.2 Å². The highest BCUT2D eigenvalue weighted by Crippen LogP contribution is 2.30. The lowest BCUT2D eigenvalue weighted by atomic mass is 9.97. The van der Waals surface area contributed by atoms with Gasteiger partial charge in [0.2, 0.25) is 0 Å². The van der Waals surface area contributed by atoms with E-state index in [1.165, 1.54) is 83.5 Å². The van der Waals surface area contributed by atoms with Gasteiger partial charge in [-0.05, 0) is 122 Å². The van der Waals surface area contributed by atoms with Crippen molar-refractivity contribution in [3.63, 3.8) is 0 Å². The first kappa shape index (κ1) is 50.8. The van der Waals surface area contributed by atoms with Crippen molar-refractivity contribution in [1.82, 2.24) is 14.7 Å². The summed E-state index contributed by atoms with van der Waals surface area (Å²) in [5.74, 6) is 0.977. The minimum Gasteiger partial charge on any atom is -0.508 e. The quantitative estimate of drug-likeness (QED) is 0.113. The smallest absolute Gasteiger partial charge is 0.119 e. The molecular weight excluding hydrogens is 919 g/mol. The van der Waals surface area contributed by atoms with Crippen molar-refractivity contribution in [3.05, 3.63) is 300 Å². The fourth-order valence-electron chi connectivity index (χ4n) is 11.4. The Hall–Kier alpha value is -7.74. The van der Waals surface area contributed by atoms with Crippen LogP contribution in [0.1, 0.15) is 100 Å². The Kier molecular flexibility index (Phi) is 16.0. The molecule has 0 fully saturated rings. The first-order valence-corrected chi connectivity index (χ1v) is 26.5. The molecule has 6 nitrogen and oxygen atoms in total. The number of benzene rings is 9. The van der Waals surface area contributed by atoms with Crippen LogP contribution in [0.15, 0.2) is 200 Å². The van der Waals surface area contributed by atoms with Crippen molar-refractivity contribution in [2.24, 2.45) is 0 Å². The van der Waals surface area contributed by atoms with E-state index >= 15 is 0 Å². The van der Waals surface area contributed by atoms with Gasteiger partial charge in [-0.1, -0.05) is 199 Å². The zero-order chi connectivity index (χ0) is 51.7. The summed E-state index contributed by atoms with van der Waals surface area (Å²) >= 11 is 0. The average Bonchev–Trinajstić information content (AvgIpc) is 3.37. The predicted octanol–water partition coefficient (Wildman–Crippen LogP) is 14.4. The number of aryl methyl sites for hydroxylation is 3. The highest BCUT2D eigenvalue weighted by atomic mass is 16.3. The maximum absolute atomic E-state index is 10.9. The molecule has 9 aromatic carbocycles. The first-order valence-electron chi connectivity index (χ1n) is 26.5. The number of phenols is 3. The third kappa shape index (κ3) is 13.5. The Bertz CT molecular complexity index is 2990. The van der Waals surface area contributed by atoms with Crippen LogP contribution in [0.25, 0.3) is 0 Å². The molecule has 0 amide bonds. The van der Waals surface area contributed by atoms with Crippen LogP contribution in [0.2, 0.25) is 0 Å². The van der Waals surface area contributed by atoms with Gasteiger partial charge in [-0.25, -0.2) is 0 Å². The second kappa shape index (κ2) is 23.6. The Morgan fingerprint density at radius 1 is 0.267 bits per heavy atom. The molecule has 0 radical (unpaired) electrons. The molecule has 6 heteroatoms. The van der Waals surface area contributed by atoms with E-state index in [9.17, 15) is 15.3 Å². The number of aromatic hydroxyl groups is 3. The average molecular weight is 988 g/mol. The molecule has 0 spiro atoms. The van der Waals surface area contributed by atoms with Gasteiger partial charge in [-0.3, -0.25) is 14.7 Å². The summed E-state index contributed by atoms with van der Waals surface area (Å²) in [7, 11) is 0. The summed E-state index contributed by atoms with van der Waals surface area (Å²) in [5, 5.41) is 32.6. The summed E-state index contributed by atoms with van der Waals surface area (Å²) in [6, 6.07) is 70.7. The predicted molar refractivity (Wildman–Crippen MR) is 304 cm³/mol. The molecular formula is C69H69N3O3. The van der Waals surface area contributed by atoms with Crippen LogP contribution in [0.5, 0.6) is 17.2 Å². The second-order valence-electron chi connectivity index (χ2n) is 21.1. The summed E-state index contributed by atoms with van der Waals surface area (Å²) in [6.45, 7) is 13.4. The van der Waals surface area contributed by atoms with E-state index < -0.39 is 0 Å². The molecule has 0 aromatic heterocycles. The molecule has 0 aliphatic carbocycles. The lowest BCUT2D eigenvalue weighted by Gasteiger charge is -2.28. The first-order chi connectivity index (χ1) is 36.5. The van der Waals surface area contributed by atoms with E-state index in [1.54, 1.807) is 18.2 Å². The van der Waals surface area contributed by atoms with E-state index in [0.717, 1.165) is 75.6 Å². The number of hydrogen-bond acceptors (Lipinski definition) is 6. The van der Waals surface area contributed by atoms with E-state index in [0.29, 0.717) is 36.5 Å². The molecule has 0 saturated carbocycles. The number of phenolic OH excluding ortho intramolecular Hbond substituents is 3. The van der Waals surface area contributed by atoms with E-state index in [1.807, 2.05) is 54.6 Å². The number of fused-ring (bicyclic) bond motifs is 6. The van der Waals surface area contributed by atoms with Crippen LogP contribution in [0, 0.1) is 20.8 Å². The van der Waals surface area contributed by atoms with Crippen molar-refractivity contribution in [2.45, 2.75) is 98.9 Å². The van der Waals surface area contributed by atoms with Crippen molar-refractivity contribution >= 4 is 0 Å². The minimum atomic E-state index is 0.326. The normalized spacial score (nSPS) is 13.8. The number of hydrogen-bond donors (Lipinski definition) is 3. The topological polar surface area (TPSA) is 70.4 Å². The van der Waals surface area contributed by atoms with E-state index in [4.69, 9.17) is 0 Å². The summed E-state index contributed by atoms with van der Waals surface area (Å²) < 4.78 is 0. The highest BCUT2D eigenvalue weighted by Gasteiger charge is 2.20. The molecule has 1 heterocycles. The highest BCUT2D eigenvalue weighted by molar-refractivity contribution is 5.43. The monoisotopic (exact) mass is 988 g/mol. The standard InChI is InChI=1S/C69H69N3O3/c1-49-28-52-34-53(29-49)41-71(47-65-23-8-5-17-59(65)38-62-20-11-14-26-68(62)74)43-55-31-51(3)33-57(36-55)45-72(48-66-24-9-6-18-60(66)39-63-21-12-15-27-69(63)75)44-56-32-50(2)30-54(35-56)42-70(40-52)46-64-22-7-4-16-58(64)37-61-19-10-13-25-67(61)73/h4-36,73-75H,37-48H2,1-3H3. The second-order valence-corrected chi connectivity index (χ2v) is 21.1. The molecule has 1 aliphatic rings. The van der Waals surface area contributed by atoms with E-state index in [2.05, 4.69) is 163 Å². The van der Waals surface area contributed by atoms with Gasteiger partial charge in [0.05, 0.1) is 0 Å². The Balaban J connectivity index is 1.05. The van der Waals surface area contributed by atoms with Gasteiger partial charge < -0.3 is 15.3 Å². The maximum Gasteiger partial charge on any atom is 0.119 e. The molecule has 0 saturated heterocycles. The molecule has 0 unspecified atom stereocenters. The zero-order valence-electron chi connectivity index (χ0n) is 43.7. The number of nitrogens with zero attached hydrogens (tertiary/aromatic N) is 3. The van der Waals surface area contributed by atoms with Gasteiger partial charge in [0.1, 0.15) is 17.2 Å². The lowest BCUT2D eigenvalue weighted by molar-refractivity contribution is 0.238. The van der Waals surface area contributed by atoms with Crippen LogP contribution in [0.4, 0.5) is 0 Å². The third-order valence-electron chi connectivity index (χ3n) is 14.7. The molecule has 1 aliphatic heterocycles.